The zero-order valence-corrected chi connectivity index (χ0v) is 14.9. The number of aromatic nitrogens is 4. The van der Waals surface area contributed by atoms with E-state index in [1.165, 1.54) is 24.3 Å². The first-order chi connectivity index (χ1) is 13.6. The molecule has 0 spiro atoms. The van der Waals surface area contributed by atoms with Gasteiger partial charge in [0.05, 0.1) is 12.9 Å². The summed E-state index contributed by atoms with van der Waals surface area (Å²) in [7, 11) is 1.36. The number of nitrogens with one attached hydrogen (secondary N) is 1. The van der Waals surface area contributed by atoms with Crippen LogP contribution >= 0.6 is 0 Å². The molecule has 0 unspecified atom stereocenters. The number of fused-ring (bicyclic) bond motifs is 1. The lowest BCUT2D eigenvalue weighted by atomic mass is 10.1. The summed E-state index contributed by atoms with van der Waals surface area (Å²) in [4.78, 5) is 24.8. The number of nitrogens with zero attached hydrogens (tertiary/aromatic N) is 4. The fraction of sp³-hybridized carbons (Fsp3) is 0.333. The van der Waals surface area contributed by atoms with Gasteiger partial charge in [0.1, 0.15) is 18.5 Å². The summed E-state index contributed by atoms with van der Waals surface area (Å²) in [5.74, 6) is -0.150. The first-order valence-corrected chi connectivity index (χ1v) is 8.61. The third-order valence-corrected chi connectivity index (χ3v) is 4.62. The van der Waals surface area contributed by atoms with Crippen molar-refractivity contribution in [2.75, 3.05) is 19.0 Å². The molecule has 1 fully saturated rings. The maximum Gasteiger partial charge on any atom is 0.256 e. The quantitative estimate of drug-likeness (QED) is 0.679. The number of halogens is 1. The molecule has 2 N–H and O–H groups in total. The third-order valence-electron chi connectivity index (χ3n) is 4.62. The number of aliphatic hydroxyl groups excluding tert-OH is 1. The second-order valence-electron chi connectivity index (χ2n) is 6.26. The maximum atomic E-state index is 14.8. The molecular formula is C18H18FN5O4. The number of carbonyl (C=O) groups excluding carboxylic acids is 1. The Balaban J connectivity index is 1.65. The molecule has 1 aromatic carbocycles. The number of hydrogen-bond donors (Lipinski definition) is 2. The number of ether oxygens (including phenoxy) is 2. The predicted molar refractivity (Wildman–Crippen MR) is 96.4 cm³/mol. The van der Waals surface area contributed by atoms with E-state index in [2.05, 4.69) is 20.3 Å². The molecule has 3 aromatic rings. The van der Waals surface area contributed by atoms with Gasteiger partial charge in [-0.25, -0.2) is 19.3 Å². The maximum absolute atomic E-state index is 14.8. The van der Waals surface area contributed by atoms with E-state index in [4.69, 9.17) is 9.47 Å². The monoisotopic (exact) mass is 387 g/mol. The van der Waals surface area contributed by atoms with Crippen LogP contribution in [0.4, 0.5) is 10.2 Å². The number of rotatable bonds is 5. The van der Waals surface area contributed by atoms with Gasteiger partial charge in [0.2, 0.25) is 0 Å². The fourth-order valence-corrected chi connectivity index (χ4v) is 3.25. The number of benzene rings is 1. The molecule has 4 atom stereocenters. The molecule has 146 valence electrons. The second-order valence-corrected chi connectivity index (χ2v) is 6.26. The highest BCUT2D eigenvalue weighted by Gasteiger charge is 2.46. The number of anilines is 1. The smallest absolute Gasteiger partial charge is 0.256 e. The van der Waals surface area contributed by atoms with E-state index < -0.39 is 24.6 Å². The third kappa shape index (κ3) is 3.11. The minimum atomic E-state index is -1.53. The molecule has 0 bridgehead atoms. The summed E-state index contributed by atoms with van der Waals surface area (Å²) in [5, 5.41) is 12.1. The molecule has 9 nitrogen and oxygen atoms in total. The molecular weight excluding hydrogens is 369 g/mol. The van der Waals surface area contributed by atoms with Crippen molar-refractivity contribution in [3.8, 4) is 0 Å². The molecule has 2 aromatic heterocycles. The van der Waals surface area contributed by atoms with Crippen LogP contribution in [0.3, 0.4) is 0 Å². The Kier molecular flexibility index (Phi) is 4.99. The van der Waals surface area contributed by atoms with Crippen molar-refractivity contribution in [3.05, 3.63) is 48.5 Å². The van der Waals surface area contributed by atoms with Crippen molar-refractivity contribution >= 4 is 22.9 Å². The molecule has 1 aliphatic heterocycles. The van der Waals surface area contributed by atoms with Crippen LogP contribution in [0.15, 0.2) is 43.0 Å². The Morgan fingerprint density at radius 2 is 2.11 bits per heavy atom. The highest BCUT2D eigenvalue weighted by Crippen LogP contribution is 2.35. The Labute approximate surface area is 159 Å². The summed E-state index contributed by atoms with van der Waals surface area (Å²) >= 11 is 0. The molecule has 4 rings (SSSR count). The number of methoxy groups -OCH3 is 1. The van der Waals surface area contributed by atoms with Crippen LogP contribution in [-0.4, -0.2) is 62.6 Å². The highest BCUT2D eigenvalue weighted by molar-refractivity contribution is 6.06. The Morgan fingerprint density at radius 1 is 1.32 bits per heavy atom. The van der Waals surface area contributed by atoms with Gasteiger partial charge in [-0.1, -0.05) is 18.2 Å². The molecule has 0 saturated carbocycles. The van der Waals surface area contributed by atoms with Crippen LogP contribution in [0.1, 0.15) is 16.6 Å². The van der Waals surface area contributed by atoms with Crippen LogP contribution in [-0.2, 0) is 9.47 Å². The average molecular weight is 387 g/mol. The molecule has 28 heavy (non-hydrogen) atoms. The molecule has 0 radical (unpaired) electrons. The normalized spacial score (nSPS) is 24.5. The van der Waals surface area contributed by atoms with E-state index in [-0.39, 0.29) is 18.3 Å². The van der Waals surface area contributed by atoms with Crippen molar-refractivity contribution < 1.29 is 23.8 Å². The van der Waals surface area contributed by atoms with Crippen molar-refractivity contribution in [2.24, 2.45) is 0 Å². The van der Waals surface area contributed by atoms with Gasteiger partial charge in [-0.2, -0.15) is 0 Å². The van der Waals surface area contributed by atoms with Gasteiger partial charge < -0.3 is 19.9 Å². The lowest BCUT2D eigenvalue weighted by Gasteiger charge is -2.15. The summed E-state index contributed by atoms with van der Waals surface area (Å²) in [6, 6.07) is 8.66. The van der Waals surface area contributed by atoms with Gasteiger partial charge in [-0.15, -0.1) is 0 Å². The van der Waals surface area contributed by atoms with E-state index in [0.29, 0.717) is 16.7 Å². The van der Waals surface area contributed by atoms with Crippen molar-refractivity contribution in [1.29, 1.82) is 0 Å². The van der Waals surface area contributed by atoms with Gasteiger partial charge in [-0.3, -0.25) is 9.36 Å². The molecule has 10 heteroatoms. The summed E-state index contributed by atoms with van der Waals surface area (Å²) < 4.78 is 26.9. The highest BCUT2D eigenvalue weighted by atomic mass is 19.1. The van der Waals surface area contributed by atoms with E-state index in [9.17, 15) is 14.3 Å². The van der Waals surface area contributed by atoms with Gasteiger partial charge in [0.15, 0.2) is 29.4 Å². The number of alkyl halides is 1. The SMILES string of the molecule is CO[C@H]1[C@H](F)[C@H](n2cnc3c(NC(=O)c4ccccc4)ncnc32)O[C@@H]1CO. The van der Waals surface area contributed by atoms with Crippen molar-refractivity contribution in [1.82, 2.24) is 19.5 Å². The van der Waals surface area contributed by atoms with E-state index in [0.717, 1.165) is 0 Å². The number of hydrogen-bond acceptors (Lipinski definition) is 7. The number of aliphatic hydroxyl groups is 1. The van der Waals surface area contributed by atoms with Crippen LogP contribution in [0.2, 0.25) is 0 Å². The Morgan fingerprint density at radius 3 is 2.79 bits per heavy atom. The van der Waals surface area contributed by atoms with Gasteiger partial charge >= 0.3 is 0 Å². The van der Waals surface area contributed by atoms with E-state index in [1.54, 1.807) is 24.3 Å². The van der Waals surface area contributed by atoms with E-state index >= 15 is 0 Å². The fourth-order valence-electron chi connectivity index (χ4n) is 3.25. The first-order valence-electron chi connectivity index (χ1n) is 8.61. The van der Waals surface area contributed by atoms with Crippen LogP contribution in [0.5, 0.6) is 0 Å². The average Bonchev–Trinajstić information content (AvgIpc) is 3.29. The van der Waals surface area contributed by atoms with Gasteiger partial charge in [0.25, 0.3) is 5.91 Å². The summed E-state index contributed by atoms with van der Waals surface area (Å²) in [6.45, 7) is -0.380. The molecule has 1 amide bonds. The minimum absolute atomic E-state index is 0.202. The number of amides is 1. The lowest BCUT2D eigenvalue weighted by Crippen LogP contribution is -2.32. The minimum Gasteiger partial charge on any atom is -0.394 e. The predicted octanol–water partition coefficient (Wildman–Crippen LogP) is 1.32. The zero-order chi connectivity index (χ0) is 19.7. The lowest BCUT2D eigenvalue weighted by molar-refractivity contribution is -0.0519. The van der Waals surface area contributed by atoms with Crippen LogP contribution < -0.4 is 5.32 Å². The molecule has 3 heterocycles. The Bertz CT molecular complexity index is 983. The Hall–Kier alpha value is -2.95. The number of carbonyl (C=O) groups is 1. The summed E-state index contributed by atoms with van der Waals surface area (Å²) in [5.41, 5.74) is 1.05. The van der Waals surface area contributed by atoms with Gasteiger partial charge in [0, 0.05) is 12.7 Å². The van der Waals surface area contributed by atoms with E-state index in [1.807, 2.05) is 6.07 Å². The largest absolute Gasteiger partial charge is 0.394 e. The first kappa shape index (κ1) is 18.4. The summed E-state index contributed by atoms with van der Waals surface area (Å²) in [6.07, 6.45) is -1.70. The van der Waals surface area contributed by atoms with Crippen LogP contribution in [0, 0.1) is 0 Å². The second kappa shape index (κ2) is 7.58. The van der Waals surface area contributed by atoms with Crippen molar-refractivity contribution in [3.63, 3.8) is 0 Å². The van der Waals surface area contributed by atoms with Crippen molar-refractivity contribution in [2.45, 2.75) is 24.6 Å². The van der Waals surface area contributed by atoms with Crippen LogP contribution in [0.25, 0.3) is 11.2 Å². The van der Waals surface area contributed by atoms with Gasteiger partial charge in [-0.05, 0) is 12.1 Å². The number of imidazole rings is 1. The molecule has 0 aliphatic carbocycles. The zero-order valence-electron chi connectivity index (χ0n) is 14.9. The standard InChI is InChI=1S/C18H18FN5O4/c1-27-14-11(7-25)28-18(12(14)19)24-9-22-13-15(20-8-21-16(13)24)23-17(26)10-5-3-2-4-6-10/h2-6,8-9,11-12,14,18,25H,7H2,1H3,(H,20,21,23,26)/t11-,12+,14-,18-/m1/s1. The topological polar surface area (TPSA) is 111 Å². The molecule has 1 aliphatic rings. The molecule has 1 saturated heterocycles.